The fraction of sp³-hybridized carbons (Fsp3) is 0.609. The quantitative estimate of drug-likeness (QED) is 0.613. The Morgan fingerprint density at radius 2 is 2.03 bits per heavy atom. The number of aliphatic hydroxyl groups is 1. The summed E-state index contributed by atoms with van der Waals surface area (Å²) in [6, 6.07) is 8.55. The maximum atomic E-state index is 13.2. The van der Waals surface area contributed by atoms with Crippen LogP contribution in [0.3, 0.4) is 0 Å². The van der Waals surface area contributed by atoms with E-state index in [1.807, 2.05) is 30.3 Å². The van der Waals surface area contributed by atoms with E-state index < -0.39 is 12.1 Å². The van der Waals surface area contributed by atoms with E-state index in [0.717, 1.165) is 5.56 Å². The number of nitrogens with zero attached hydrogens (tertiary/aromatic N) is 1. The van der Waals surface area contributed by atoms with Gasteiger partial charge in [-0.2, -0.15) is 0 Å². The third-order valence-corrected chi connectivity index (χ3v) is 7.29. The molecule has 2 heterocycles. The fourth-order valence-corrected chi connectivity index (χ4v) is 5.39. The van der Waals surface area contributed by atoms with Gasteiger partial charge in [0.15, 0.2) is 0 Å². The lowest BCUT2D eigenvalue weighted by atomic mass is 9.97. The summed E-state index contributed by atoms with van der Waals surface area (Å²) < 4.78 is 0. The molecule has 0 spiro atoms. The minimum Gasteiger partial charge on any atom is -0.394 e. The normalized spacial score (nSPS) is 29.8. The number of piperidine rings is 1. The van der Waals surface area contributed by atoms with Crippen LogP contribution in [0.2, 0.25) is 0 Å². The van der Waals surface area contributed by atoms with E-state index in [1.165, 1.54) is 0 Å². The summed E-state index contributed by atoms with van der Waals surface area (Å²) in [5.41, 5.74) is 0.966. The molecule has 30 heavy (non-hydrogen) atoms. The van der Waals surface area contributed by atoms with Crippen LogP contribution < -0.4 is 10.6 Å². The Kier molecular flexibility index (Phi) is 5.57. The first-order chi connectivity index (χ1) is 14.3. The Morgan fingerprint density at radius 1 is 1.30 bits per heavy atom. The van der Waals surface area contributed by atoms with E-state index in [-0.39, 0.29) is 48.0 Å². The zero-order chi connectivity index (χ0) is 21.5. The Bertz CT molecular complexity index is 825. The third-order valence-electron chi connectivity index (χ3n) is 7.29. The van der Waals surface area contributed by atoms with Crippen molar-refractivity contribution in [2.45, 2.75) is 45.2 Å². The molecule has 2 saturated heterocycles. The van der Waals surface area contributed by atoms with Gasteiger partial charge in [0.1, 0.15) is 6.04 Å². The minimum absolute atomic E-state index is 0.0216. The van der Waals surface area contributed by atoms with Crippen LogP contribution in [-0.4, -0.2) is 59.5 Å². The van der Waals surface area contributed by atoms with E-state index in [4.69, 9.17) is 0 Å². The van der Waals surface area contributed by atoms with E-state index >= 15 is 0 Å². The Balaban J connectivity index is 1.45. The van der Waals surface area contributed by atoms with Crippen LogP contribution in [0.15, 0.2) is 30.3 Å². The summed E-state index contributed by atoms with van der Waals surface area (Å²) in [7, 11) is 0. The molecule has 1 aromatic carbocycles. The van der Waals surface area contributed by atoms with Gasteiger partial charge in [0, 0.05) is 19.0 Å². The summed E-state index contributed by atoms with van der Waals surface area (Å²) in [5.74, 6) is -0.0157. The van der Waals surface area contributed by atoms with Gasteiger partial charge in [0.2, 0.25) is 17.7 Å². The number of carbonyl (C=O) groups excluding carboxylic acids is 3. The van der Waals surface area contributed by atoms with Crippen molar-refractivity contribution in [3.05, 3.63) is 35.9 Å². The second-order valence-corrected chi connectivity index (χ2v) is 9.51. The van der Waals surface area contributed by atoms with Crippen LogP contribution >= 0.6 is 0 Å². The van der Waals surface area contributed by atoms with Crippen molar-refractivity contribution >= 4 is 17.7 Å². The predicted molar refractivity (Wildman–Crippen MR) is 111 cm³/mol. The highest BCUT2D eigenvalue weighted by Gasteiger charge is 2.69. The van der Waals surface area contributed by atoms with Gasteiger partial charge in [0.25, 0.3) is 0 Å². The molecule has 3 N–H and O–H groups in total. The van der Waals surface area contributed by atoms with Gasteiger partial charge in [-0.25, -0.2) is 0 Å². The molecule has 162 valence electrons. The molecule has 0 unspecified atom stereocenters. The lowest BCUT2D eigenvalue weighted by Crippen LogP contribution is -2.53. The zero-order valence-electron chi connectivity index (χ0n) is 17.6. The highest BCUT2D eigenvalue weighted by atomic mass is 16.3. The molecular formula is C23H31N3O4. The molecule has 0 aromatic heterocycles. The predicted octanol–water partition coefficient (Wildman–Crippen LogP) is 0.715. The molecule has 2 aliphatic heterocycles. The number of aliphatic hydroxyl groups excluding tert-OH is 1. The molecule has 1 aliphatic carbocycles. The third kappa shape index (κ3) is 3.83. The van der Waals surface area contributed by atoms with Crippen molar-refractivity contribution in [3.63, 3.8) is 0 Å². The van der Waals surface area contributed by atoms with Gasteiger partial charge >= 0.3 is 0 Å². The first-order valence-corrected chi connectivity index (χ1v) is 10.8. The molecule has 1 aromatic rings. The molecule has 4 rings (SSSR count). The monoisotopic (exact) mass is 413 g/mol. The molecule has 3 aliphatic rings. The fourth-order valence-electron chi connectivity index (χ4n) is 5.39. The summed E-state index contributed by atoms with van der Waals surface area (Å²) in [4.78, 5) is 39.9. The maximum Gasteiger partial charge on any atom is 0.243 e. The Morgan fingerprint density at radius 3 is 2.67 bits per heavy atom. The van der Waals surface area contributed by atoms with Crippen LogP contribution in [0, 0.1) is 23.2 Å². The SMILES string of the molecule is CC1(C)[C@@H]2[C@@H](C(=O)N[C@H](CO)C[C@@H]3CCNC3=O)N(C(=O)Cc3ccccc3)C[C@@H]21. The molecule has 3 amide bonds. The summed E-state index contributed by atoms with van der Waals surface area (Å²) in [6.45, 7) is 5.30. The largest absolute Gasteiger partial charge is 0.394 e. The number of rotatable bonds is 7. The van der Waals surface area contributed by atoms with Crippen LogP contribution in [0.4, 0.5) is 0 Å². The first-order valence-electron chi connectivity index (χ1n) is 10.8. The number of carbonyl (C=O) groups is 3. The number of nitrogens with one attached hydrogen (secondary N) is 2. The highest BCUT2D eigenvalue weighted by molar-refractivity contribution is 5.90. The number of benzene rings is 1. The molecular weight excluding hydrogens is 382 g/mol. The Hall–Kier alpha value is -2.41. The van der Waals surface area contributed by atoms with E-state index in [0.29, 0.717) is 31.8 Å². The summed E-state index contributed by atoms with van der Waals surface area (Å²) in [6.07, 6.45) is 1.40. The average Bonchev–Trinajstić information content (AvgIpc) is 3.09. The van der Waals surface area contributed by atoms with Crippen LogP contribution in [0.25, 0.3) is 0 Å². The lowest BCUT2D eigenvalue weighted by molar-refractivity contribution is -0.140. The minimum atomic E-state index is -0.521. The van der Waals surface area contributed by atoms with E-state index in [1.54, 1.807) is 4.90 Å². The van der Waals surface area contributed by atoms with Crippen molar-refractivity contribution in [1.82, 2.24) is 15.5 Å². The first kappa shape index (κ1) is 20.8. The highest BCUT2D eigenvalue weighted by Crippen LogP contribution is 2.64. The molecule has 0 radical (unpaired) electrons. The molecule has 0 bridgehead atoms. The van der Waals surface area contributed by atoms with Gasteiger partial charge in [0.05, 0.1) is 19.1 Å². The number of likely N-dealkylation sites (tertiary alicyclic amines) is 1. The van der Waals surface area contributed by atoms with Crippen LogP contribution in [0.1, 0.15) is 32.3 Å². The topological polar surface area (TPSA) is 98.7 Å². The summed E-state index contributed by atoms with van der Waals surface area (Å²) in [5, 5.41) is 15.5. The number of hydrogen-bond donors (Lipinski definition) is 3. The van der Waals surface area contributed by atoms with Gasteiger partial charge in [-0.15, -0.1) is 0 Å². The van der Waals surface area contributed by atoms with Crippen molar-refractivity contribution < 1.29 is 19.5 Å². The number of hydrogen-bond acceptors (Lipinski definition) is 4. The van der Waals surface area contributed by atoms with Crippen molar-refractivity contribution in [2.24, 2.45) is 23.2 Å². The zero-order valence-corrected chi connectivity index (χ0v) is 17.6. The average molecular weight is 414 g/mol. The standard InChI is InChI=1S/C23H31N3O4/c1-23(2)17-12-26(18(28)10-14-6-4-3-5-7-14)20(19(17)23)22(30)25-16(13-27)11-15-8-9-24-21(15)29/h3-7,15-17,19-20,27H,8-13H2,1-2H3,(H,24,29)(H,25,30)/t15-,16-,17-,19-,20-/m0/s1. The van der Waals surface area contributed by atoms with Crippen LogP contribution in [-0.2, 0) is 20.8 Å². The molecule has 1 saturated carbocycles. The second kappa shape index (κ2) is 8.02. The Labute approximate surface area is 177 Å². The van der Waals surface area contributed by atoms with Crippen molar-refractivity contribution in [2.75, 3.05) is 19.7 Å². The second-order valence-electron chi connectivity index (χ2n) is 9.51. The van der Waals surface area contributed by atoms with Crippen LogP contribution in [0.5, 0.6) is 0 Å². The number of fused-ring (bicyclic) bond motifs is 1. The van der Waals surface area contributed by atoms with Gasteiger partial charge in [-0.05, 0) is 35.7 Å². The lowest BCUT2D eigenvalue weighted by Gasteiger charge is -2.31. The van der Waals surface area contributed by atoms with Gasteiger partial charge in [-0.3, -0.25) is 14.4 Å². The van der Waals surface area contributed by atoms with E-state index in [9.17, 15) is 19.5 Å². The number of amides is 3. The maximum absolute atomic E-state index is 13.2. The smallest absolute Gasteiger partial charge is 0.243 e. The van der Waals surface area contributed by atoms with Crippen molar-refractivity contribution in [3.8, 4) is 0 Å². The molecule has 3 fully saturated rings. The van der Waals surface area contributed by atoms with Crippen molar-refractivity contribution in [1.29, 1.82) is 0 Å². The molecule has 5 atom stereocenters. The molecule has 7 nitrogen and oxygen atoms in total. The molecule has 7 heteroatoms. The van der Waals surface area contributed by atoms with E-state index in [2.05, 4.69) is 24.5 Å². The van der Waals surface area contributed by atoms with Gasteiger partial charge < -0.3 is 20.6 Å². The summed E-state index contributed by atoms with van der Waals surface area (Å²) >= 11 is 0. The van der Waals surface area contributed by atoms with Gasteiger partial charge in [-0.1, -0.05) is 44.2 Å².